The van der Waals surface area contributed by atoms with Crippen LogP contribution in [0.4, 0.5) is 5.69 Å². The topological polar surface area (TPSA) is 143 Å². The number of ether oxygens (including phenoxy) is 1. The van der Waals surface area contributed by atoms with E-state index in [4.69, 9.17) is 16.3 Å². The number of esters is 1. The van der Waals surface area contributed by atoms with Crippen LogP contribution in [0.3, 0.4) is 0 Å². The van der Waals surface area contributed by atoms with E-state index in [1.54, 1.807) is 41.1 Å². The molecule has 0 atom stereocenters. The summed E-state index contributed by atoms with van der Waals surface area (Å²) in [5.41, 5.74) is 2.65. The third-order valence-electron chi connectivity index (χ3n) is 5.02. The fourth-order valence-electron chi connectivity index (χ4n) is 3.38. The van der Waals surface area contributed by atoms with Gasteiger partial charge in [0.05, 0.1) is 24.1 Å². The highest BCUT2D eigenvalue weighted by atomic mass is 35.5. The third-order valence-corrected chi connectivity index (χ3v) is 6.18. The SMILES string of the molecule is COC(=O)Cc1nn(-c2ccc(Cl)cc2)c2c1nnc1nc(SCc3cccc([N+](=O)[O-])c3)nn12. The van der Waals surface area contributed by atoms with Gasteiger partial charge in [-0.3, -0.25) is 14.9 Å². The van der Waals surface area contributed by atoms with Crippen LogP contribution in [0.15, 0.2) is 53.7 Å². The molecule has 0 saturated heterocycles. The maximum Gasteiger partial charge on any atom is 0.311 e. The zero-order valence-corrected chi connectivity index (χ0v) is 19.6. The van der Waals surface area contributed by atoms with E-state index in [1.165, 1.54) is 35.5 Å². The molecule has 0 saturated carbocycles. The van der Waals surface area contributed by atoms with Crippen LogP contribution in [0.2, 0.25) is 5.02 Å². The van der Waals surface area contributed by atoms with Crippen molar-refractivity contribution in [3.63, 3.8) is 0 Å². The van der Waals surface area contributed by atoms with Crippen LogP contribution in [-0.4, -0.2) is 52.6 Å². The van der Waals surface area contributed by atoms with E-state index >= 15 is 0 Å². The van der Waals surface area contributed by atoms with E-state index in [1.807, 2.05) is 0 Å². The van der Waals surface area contributed by atoms with Crippen molar-refractivity contribution in [3.05, 3.63) is 74.9 Å². The van der Waals surface area contributed by atoms with Crippen molar-refractivity contribution in [1.82, 2.24) is 34.6 Å². The molecule has 176 valence electrons. The molecule has 5 rings (SSSR count). The highest BCUT2D eigenvalue weighted by Gasteiger charge is 2.22. The Kier molecular flexibility index (Phi) is 6.01. The van der Waals surface area contributed by atoms with Crippen molar-refractivity contribution in [1.29, 1.82) is 0 Å². The molecule has 0 aliphatic rings. The van der Waals surface area contributed by atoms with Crippen molar-refractivity contribution in [2.75, 3.05) is 7.11 Å². The number of aromatic nitrogens is 7. The Morgan fingerprint density at radius 2 is 1.97 bits per heavy atom. The molecule has 0 bridgehead atoms. The van der Waals surface area contributed by atoms with Gasteiger partial charge in [-0.2, -0.15) is 14.6 Å². The van der Waals surface area contributed by atoms with Crippen molar-refractivity contribution < 1.29 is 14.5 Å². The minimum absolute atomic E-state index is 0.0173. The molecule has 0 aliphatic carbocycles. The molecule has 5 aromatic rings. The number of hydrogen-bond donors (Lipinski definition) is 0. The Labute approximate surface area is 206 Å². The lowest BCUT2D eigenvalue weighted by atomic mass is 10.2. The first-order chi connectivity index (χ1) is 16.9. The van der Waals surface area contributed by atoms with Crippen molar-refractivity contribution in [2.24, 2.45) is 0 Å². The summed E-state index contributed by atoms with van der Waals surface area (Å²) < 4.78 is 7.88. The summed E-state index contributed by atoms with van der Waals surface area (Å²) in [6, 6.07) is 13.4. The number of halogens is 1. The number of rotatable bonds is 7. The van der Waals surface area contributed by atoms with Gasteiger partial charge in [-0.05, 0) is 29.8 Å². The second kappa shape index (κ2) is 9.27. The van der Waals surface area contributed by atoms with Gasteiger partial charge in [-0.1, -0.05) is 35.5 Å². The third kappa shape index (κ3) is 4.50. The van der Waals surface area contributed by atoms with Gasteiger partial charge in [0, 0.05) is 22.9 Å². The molecule has 14 heteroatoms. The summed E-state index contributed by atoms with van der Waals surface area (Å²) in [6.45, 7) is 0. The lowest BCUT2D eigenvalue weighted by Gasteiger charge is -2.03. The summed E-state index contributed by atoms with van der Waals surface area (Å²) in [5, 5.41) is 29.5. The number of hydrogen-bond acceptors (Lipinski definition) is 10. The van der Waals surface area contributed by atoms with Gasteiger partial charge in [0.1, 0.15) is 5.69 Å². The van der Waals surface area contributed by atoms with E-state index in [-0.39, 0.29) is 17.9 Å². The Bertz CT molecular complexity index is 1580. The predicted octanol–water partition coefficient (Wildman–Crippen LogP) is 3.43. The molecular weight excluding hydrogens is 496 g/mol. The van der Waals surface area contributed by atoms with E-state index in [0.29, 0.717) is 38.5 Å². The van der Waals surface area contributed by atoms with E-state index < -0.39 is 10.9 Å². The molecular formula is C21H15ClN8O4S. The molecule has 3 heterocycles. The zero-order chi connectivity index (χ0) is 24.5. The maximum absolute atomic E-state index is 12.0. The Hall–Kier alpha value is -4.10. The number of nitro groups is 1. The van der Waals surface area contributed by atoms with Crippen LogP contribution < -0.4 is 0 Å². The molecule has 0 aliphatic heterocycles. The van der Waals surface area contributed by atoms with Crippen LogP contribution >= 0.6 is 23.4 Å². The first-order valence-corrected chi connectivity index (χ1v) is 11.5. The van der Waals surface area contributed by atoms with E-state index in [9.17, 15) is 14.9 Å². The molecule has 0 N–H and O–H groups in total. The zero-order valence-electron chi connectivity index (χ0n) is 18.0. The summed E-state index contributed by atoms with van der Waals surface area (Å²) in [7, 11) is 1.30. The van der Waals surface area contributed by atoms with Crippen LogP contribution in [0.25, 0.3) is 22.6 Å². The smallest absolute Gasteiger partial charge is 0.311 e. The molecule has 12 nitrogen and oxygen atoms in total. The fraction of sp³-hybridized carbons (Fsp3) is 0.143. The Morgan fingerprint density at radius 1 is 1.17 bits per heavy atom. The average Bonchev–Trinajstić information content (AvgIpc) is 3.44. The summed E-state index contributed by atoms with van der Waals surface area (Å²) in [6.07, 6.45) is -0.100. The second-order valence-corrected chi connectivity index (χ2v) is 8.66. The Morgan fingerprint density at radius 3 is 2.71 bits per heavy atom. The number of thioether (sulfide) groups is 1. The number of carbonyl (C=O) groups is 1. The number of benzene rings is 2. The number of nitrogens with zero attached hydrogens (tertiary/aromatic N) is 8. The summed E-state index contributed by atoms with van der Waals surface area (Å²) in [4.78, 5) is 27.0. The Balaban J connectivity index is 1.57. The molecule has 2 aromatic carbocycles. The van der Waals surface area contributed by atoms with Crippen molar-refractivity contribution in [2.45, 2.75) is 17.3 Å². The monoisotopic (exact) mass is 510 g/mol. The van der Waals surface area contributed by atoms with Crippen molar-refractivity contribution in [3.8, 4) is 5.69 Å². The number of fused-ring (bicyclic) bond motifs is 3. The highest BCUT2D eigenvalue weighted by Crippen LogP contribution is 2.26. The van der Waals surface area contributed by atoms with Gasteiger partial charge in [-0.25, -0.2) is 4.68 Å². The molecule has 35 heavy (non-hydrogen) atoms. The number of methoxy groups -OCH3 is 1. The normalized spacial score (nSPS) is 11.3. The summed E-state index contributed by atoms with van der Waals surface area (Å²) in [5.74, 6) is 0.180. The van der Waals surface area contributed by atoms with Crippen molar-refractivity contribution >= 4 is 52.0 Å². The number of nitro benzene ring substituents is 1. The number of carbonyl (C=O) groups excluding carboxylic acids is 1. The van der Waals surface area contributed by atoms with Gasteiger partial charge in [0.15, 0.2) is 11.2 Å². The fourth-order valence-corrected chi connectivity index (χ4v) is 4.27. The quantitative estimate of drug-likeness (QED) is 0.138. The van der Waals surface area contributed by atoms with Gasteiger partial charge >= 0.3 is 5.97 Å². The van der Waals surface area contributed by atoms with Crippen LogP contribution in [0, 0.1) is 10.1 Å². The first kappa shape index (κ1) is 22.7. The highest BCUT2D eigenvalue weighted by molar-refractivity contribution is 7.98. The second-order valence-electron chi connectivity index (χ2n) is 7.28. The molecule has 0 radical (unpaired) electrons. The first-order valence-electron chi connectivity index (χ1n) is 10.1. The van der Waals surface area contributed by atoms with Crippen LogP contribution in [0.1, 0.15) is 11.3 Å². The standard InChI is InChI=1S/C21H15ClN8O4S/c1-34-17(31)10-16-18-19(28(26-16)14-7-5-13(22)6-8-14)29-20(25-24-18)23-21(27-29)35-11-12-3-2-4-15(9-12)30(32)33/h2-9H,10-11H2,1H3. The van der Waals surface area contributed by atoms with E-state index in [0.717, 1.165) is 5.56 Å². The minimum Gasteiger partial charge on any atom is -0.469 e. The molecule has 0 amide bonds. The molecule has 3 aromatic heterocycles. The number of non-ortho nitro benzene ring substituents is 1. The van der Waals surface area contributed by atoms with Gasteiger partial charge in [0.2, 0.25) is 5.16 Å². The van der Waals surface area contributed by atoms with Gasteiger partial charge < -0.3 is 4.74 Å². The largest absolute Gasteiger partial charge is 0.469 e. The summed E-state index contributed by atoms with van der Waals surface area (Å²) >= 11 is 7.34. The lowest BCUT2D eigenvalue weighted by Crippen LogP contribution is -2.06. The molecule has 0 fully saturated rings. The molecule has 0 spiro atoms. The van der Waals surface area contributed by atoms with Gasteiger partial charge in [-0.15, -0.1) is 15.3 Å². The predicted molar refractivity (Wildman–Crippen MR) is 127 cm³/mol. The minimum atomic E-state index is -0.471. The van der Waals surface area contributed by atoms with Gasteiger partial charge in [0.25, 0.3) is 11.5 Å². The maximum atomic E-state index is 12.0. The van der Waals surface area contributed by atoms with Crippen LogP contribution in [-0.2, 0) is 21.7 Å². The van der Waals surface area contributed by atoms with Crippen LogP contribution in [0.5, 0.6) is 0 Å². The van der Waals surface area contributed by atoms with E-state index in [2.05, 4.69) is 25.4 Å². The average molecular weight is 511 g/mol. The lowest BCUT2D eigenvalue weighted by molar-refractivity contribution is -0.384. The molecule has 0 unspecified atom stereocenters.